The maximum Gasteiger partial charge on any atom is 0.140 e. The van der Waals surface area contributed by atoms with E-state index in [1.807, 2.05) is 0 Å². The van der Waals surface area contributed by atoms with Gasteiger partial charge in [-0.05, 0) is 67.3 Å². The maximum absolute atomic E-state index is 2.63. The van der Waals surface area contributed by atoms with Gasteiger partial charge in [-0.3, -0.25) is 31.4 Å². The number of hydrogen-bond donors (Lipinski definition) is 0. The molecule has 0 bridgehead atoms. The minimum absolute atomic E-state index is 0.395. The maximum atomic E-state index is 2.63. The van der Waals surface area contributed by atoms with Gasteiger partial charge in [0.15, 0.2) is 0 Å². The van der Waals surface area contributed by atoms with Crippen molar-refractivity contribution in [1.29, 1.82) is 0 Å². The van der Waals surface area contributed by atoms with Gasteiger partial charge < -0.3 is 0 Å². The third-order valence-electron chi connectivity index (χ3n) is 22.1. The lowest BCUT2D eigenvalue weighted by atomic mass is 10.1. The Balaban J connectivity index is 0.000000119. The van der Waals surface area contributed by atoms with Crippen molar-refractivity contribution in [2.45, 2.75) is 197 Å². The smallest absolute Gasteiger partial charge is 0.140 e. The molecular weight excluding hydrogens is 953 g/mol. The van der Waals surface area contributed by atoms with Crippen LogP contribution in [0, 0.1) is 5.92 Å². The van der Waals surface area contributed by atoms with Gasteiger partial charge >= 0.3 is 0 Å². The highest BCUT2D eigenvalue weighted by atomic mass is 15.7. The van der Waals surface area contributed by atoms with Crippen LogP contribution in [0.15, 0.2) is 0 Å². The first-order valence-corrected chi connectivity index (χ1v) is 33.7. The molecule has 0 aromatic rings. The zero-order chi connectivity index (χ0) is 55.0. The summed E-state index contributed by atoms with van der Waals surface area (Å²) in [7, 11) is 2.21. The summed E-state index contributed by atoms with van der Waals surface area (Å²) in [4.78, 5) is 17.9. The van der Waals surface area contributed by atoms with Gasteiger partial charge in [-0.15, -0.1) is 0 Å². The second-order valence-corrected chi connectivity index (χ2v) is 31.2. The van der Waals surface area contributed by atoms with E-state index >= 15 is 0 Å². The van der Waals surface area contributed by atoms with Crippen molar-refractivity contribution in [2.75, 3.05) is 212 Å². The van der Waals surface area contributed by atoms with E-state index in [0.29, 0.717) is 5.54 Å². The van der Waals surface area contributed by atoms with Crippen LogP contribution in [0.1, 0.15) is 179 Å². The van der Waals surface area contributed by atoms with Crippen LogP contribution in [-0.4, -0.2) is 295 Å². The molecule has 14 nitrogen and oxygen atoms in total. The summed E-state index contributed by atoms with van der Waals surface area (Å²) < 4.78 is 9.93. The van der Waals surface area contributed by atoms with E-state index in [9.17, 15) is 0 Å². The van der Waals surface area contributed by atoms with Gasteiger partial charge in [0, 0.05) is 127 Å². The van der Waals surface area contributed by atoms with E-state index in [-0.39, 0.29) is 0 Å². The molecule has 0 aromatic heterocycles. The lowest BCUT2D eigenvalue weighted by Crippen LogP contribution is -2.71. The molecular formula is C63H133N14+7. The monoisotopic (exact) mass is 1090 g/mol. The fourth-order valence-electron chi connectivity index (χ4n) is 17.1. The highest BCUT2D eigenvalue weighted by molar-refractivity contribution is 4.78. The molecule has 14 rings (SSSR count). The van der Waals surface area contributed by atoms with E-state index in [0.717, 1.165) is 18.0 Å². The lowest BCUT2D eigenvalue weighted by molar-refractivity contribution is -0.988. The fourth-order valence-corrected chi connectivity index (χ4v) is 17.1. The molecule has 448 valence electrons. The molecule has 0 aromatic carbocycles. The zero-order valence-corrected chi connectivity index (χ0v) is 53.7. The Hall–Kier alpha value is -0.560. The topological polar surface area (TPSA) is 22.7 Å². The van der Waals surface area contributed by atoms with Crippen LogP contribution >= 0.6 is 0 Å². The van der Waals surface area contributed by atoms with Crippen molar-refractivity contribution in [3.63, 3.8) is 0 Å². The number of quaternary nitrogens is 7. The van der Waals surface area contributed by atoms with Crippen LogP contribution in [0.3, 0.4) is 0 Å². The van der Waals surface area contributed by atoms with Gasteiger partial charge in [-0.2, -0.15) is 0 Å². The Kier molecular flexibility index (Phi) is 21.9. The average molecular weight is 1090 g/mol. The van der Waals surface area contributed by atoms with Crippen molar-refractivity contribution < 1.29 is 31.4 Å². The molecule has 0 amide bonds. The Bertz CT molecular complexity index is 1670. The van der Waals surface area contributed by atoms with Crippen LogP contribution in [0.25, 0.3) is 0 Å². The molecule has 1 atom stereocenters. The molecule has 77 heavy (non-hydrogen) atoms. The highest BCUT2D eigenvalue weighted by Crippen LogP contribution is 2.35. The first kappa shape index (κ1) is 62.5. The van der Waals surface area contributed by atoms with Crippen molar-refractivity contribution in [3.05, 3.63) is 0 Å². The van der Waals surface area contributed by atoms with E-state index in [4.69, 9.17) is 0 Å². The van der Waals surface area contributed by atoms with E-state index in [1.54, 1.807) is 0 Å². The molecule has 14 heteroatoms. The summed E-state index contributed by atoms with van der Waals surface area (Å²) in [5.74, 6) is 0.841. The van der Waals surface area contributed by atoms with E-state index < -0.39 is 0 Å². The van der Waals surface area contributed by atoms with Crippen LogP contribution in [0.5, 0.6) is 0 Å². The van der Waals surface area contributed by atoms with Crippen molar-refractivity contribution in [1.82, 2.24) is 34.3 Å². The SMILES string of the molecule is CC(C)(C)N1C[N+]2(CCCC2)C1.CC(C)CN1C[N+]2(CCCC2)C1.CC(C)N1C[N+]2(CCCC2)C1.CCC(C)N1C[N+]2(CCCC2)C1.CCCN1C[N+]2(CCCC2)C1.CCN1C[N+]2(CCCC2)C1.CN1C[N+]2(CCCC2)C1. The molecule has 7 spiro atoms. The van der Waals surface area contributed by atoms with Crippen molar-refractivity contribution >= 4 is 0 Å². The minimum Gasteiger partial charge on any atom is -0.298 e. The van der Waals surface area contributed by atoms with Crippen LogP contribution < -0.4 is 0 Å². The van der Waals surface area contributed by atoms with Crippen LogP contribution in [0.2, 0.25) is 0 Å². The largest absolute Gasteiger partial charge is 0.298 e. The van der Waals surface area contributed by atoms with Gasteiger partial charge in [0.25, 0.3) is 0 Å². The minimum atomic E-state index is 0.395. The van der Waals surface area contributed by atoms with Crippen molar-refractivity contribution in [2.24, 2.45) is 5.92 Å². The van der Waals surface area contributed by atoms with E-state index in [2.05, 4.69) is 118 Å². The third kappa shape index (κ3) is 16.4. The van der Waals surface area contributed by atoms with Crippen LogP contribution in [-0.2, 0) is 0 Å². The molecule has 14 aliphatic heterocycles. The summed E-state index contributed by atoms with van der Waals surface area (Å²) in [5.41, 5.74) is 0.395. The average Bonchev–Trinajstić information content (AvgIpc) is 4.18. The summed E-state index contributed by atoms with van der Waals surface area (Å²) >= 11 is 0. The zero-order valence-electron chi connectivity index (χ0n) is 53.7. The Morgan fingerprint density at radius 2 is 0.662 bits per heavy atom. The molecule has 0 N–H and O–H groups in total. The first-order valence-electron chi connectivity index (χ1n) is 33.7. The normalized spacial score (nSPS) is 30.0. The summed E-state index contributed by atoms with van der Waals surface area (Å²) in [6.45, 7) is 68.2. The van der Waals surface area contributed by atoms with Crippen molar-refractivity contribution in [3.8, 4) is 0 Å². The van der Waals surface area contributed by atoms with Crippen LogP contribution in [0.4, 0.5) is 0 Å². The molecule has 1 unspecified atom stereocenters. The predicted molar refractivity (Wildman–Crippen MR) is 322 cm³/mol. The lowest BCUT2D eigenvalue weighted by Gasteiger charge is -2.54. The Morgan fingerprint density at radius 1 is 0.364 bits per heavy atom. The Morgan fingerprint density at radius 3 is 0.948 bits per heavy atom. The van der Waals surface area contributed by atoms with Gasteiger partial charge in [0.1, 0.15) is 93.4 Å². The molecule has 0 aliphatic carbocycles. The first-order chi connectivity index (χ1) is 36.7. The third-order valence-corrected chi connectivity index (χ3v) is 22.1. The molecule has 14 fully saturated rings. The molecule has 0 radical (unpaired) electrons. The summed E-state index contributed by atoms with van der Waals surface area (Å²) in [6.07, 6.45) is 23.2. The summed E-state index contributed by atoms with van der Waals surface area (Å²) in [5, 5.41) is 0. The van der Waals surface area contributed by atoms with E-state index in [1.165, 1.54) is 339 Å². The second kappa shape index (κ2) is 27.0. The standard InChI is InChI=1S/3C10H21N2.2C9H19N2.C8H17N2.C7H15N2/c1-10(2,3)11-8-12(9-11)6-4-5-7-12;1-10(2)7-11-8-12(9-11)5-3-4-6-12;1-3-10(2)11-8-12(9-11)6-4-5-7-12;1-9(2)10-7-11(8-10)5-3-4-6-11;1-2-5-10-8-11(9-10)6-3-4-7-11;1-2-9-7-10(8-9)5-3-4-6-10;1-8-6-9(7-8)4-2-3-5-9/h4-9H2,1-3H3;2*10H,3-9H2,1-2H3;9H,3-8H2,1-2H3;2-9H2,1H3;2-8H2,1H3;2-7H2,1H3/q7*+1. The highest BCUT2D eigenvalue weighted by Gasteiger charge is 2.50. The van der Waals surface area contributed by atoms with Gasteiger partial charge in [-0.25, -0.2) is 34.3 Å². The molecule has 14 saturated heterocycles. The molecule has 14 aliphatic rings. The Labute approximate surface area is 477 Å². The summed E-state index contributed by atoms with van der Waals surface area (Å²) in [6, 6.07) is 1.58. The van der Waals surface area contributed by atoms with Gasteiger partial charge in [0.05, 0.1) is 91.6 Å². The quantitative estimate of drug-likeness (QED) is 0.225. The number of hydrogen-bond acceptors (Lipinski definition) is 7. The molecule has 0 saturated carbocycles. The number of rotatable bonds is 8. The van der Waals surface area contributed by atoms with Gasteiger partial charge in [0.2, 0.25) is 0 Å². The fraction of sp³-hybridized carbons (Fsp3) is 1.00. The second-order valence-electron chi connectivity index (χ2n) is 31.2. The van der Waals surface area contributed by atoms with Gasteiger partial charge in [-0.1, -0.05) is 34.6 Å². The number of nitrogens with zero attached hydrogens (tertiary/aromatic N) is 14. The molecule has 14 heterocycles. The predicted octanol–water partition coefficient (Wildman–Crippen LogP) is 8.51.